The minimum Gasteiger partial charge on any atom is -0.394 e. The quantitative estimate of drug-likeness (QED) is 0.164. The number of hydrogen-bond acceptors (Lipinski definition) is 15. The maximum atomic E-state index is 11.4. The average Bonchev–Trinajstić information content (AvgIpc) is 3.58. The number of aliphatic hydroxyl groups is 9. The molecule has 7 unspecified atom stereocenters. The Morgan fingerprint density at radius 2 is 1.43 bits per heavy atom. The van der Waals surface area contributed by atoms with Crippen molar-refractivity contribution in [1.29, 1.82) is 0 Å². The minimum absolute atomic E-state index is 0.00359. The van der Waals surface area contributed by atoms with Gasteiger partial charge in [0.05, 0.1) is 44.2 Å². The van der Waals surface area contributed by atoms with Crippen LogP contribution in [0.3, 0.4) is 0 Å². The predicted octanol–water partition coefficient (Wildman–Crippen LogP) is -0.616. The molecule has 4 saturated heterocycles. The normalized spacial score (nSPS) is 60.1. The fourth-order valence-electron chi connectivity index (χ4n) is 13.2. The summed E-state index contributed by atoms with van der Waals surface area (Å²) in [5.41, 5.74) is -0.139. The molecule has 1 spiro atoms. The predicted molar refractivity (Wildman–Crippen MR) is 186 cm³/mol. The molecule has 15 heteroatoms. The summed E-state index contributed by atoms with van der Waals surface area (Å²) in [6.45, 7) is 8.20. The van der Waals surface area contributed by atoms with Gasteiger partial charge >= 0.3 is 0 Å². The molecular formula is C39H64O15. The third-order valence-electron chi connectivity index (χ3n) is 16.4. The van der Waals surface area contributed by atoms with Crippen LogP contribution in [0.2, 0.25) is 0 Å². The van der Waals surface area contributed by atoms with Gasteiger partial charge in [-0.05, 0) is 85.4 Å². The molecule has 4 saturated carbocycles. The van der Waals surface area contributed by atoms with E-state index in [1.54, 1.807) is 0 Å². The summed E-state index contributed by atoms with van der Waals surface area (Å²) < 4.78 is 37.1. The van der Waals surface area contributed by atoms with Crippen molar-refractivity contribution in [3.05, 3.63) is 0 Å². The van der Waals surface area contributed by atoms with Crippen LogP contribution in [-0.2, 0) is 28.4 Å². The fraction of sp³-hybridized carbons (Fsp3) is 1.00. The third-order valence-corrected chi connectivity index (χ3v) is 16.4. The molecule has 24 atom stereocenters. The van der Waals surface area contributed by atoms with Gasteiger partial charge in [0.15, 0.2) is 18.4 Å². The number of rotatable bonds is 6. The van der Waals surface area contributed by atoms with Gasteiger partial charge in [0.1, 0.15) is 48.8 Å². The molecule has 8 aliphatic rings. The molecule has 54 heavy (non-hydrogen) atoms. The zero-order valence-electron chi connectivity index (χ0n) is 31.9. The van der Waals surface area contributed by atoms with E-state index >= 15 is 0 Å². The molecule has 310 valence electrons. The Morgan fingerprint density at radius 3 is 2.15 bits per heavy atom. The fourth-order valence-corrected chi connectivity index (χ4v) is 13.2. The van der Waals surface area contributed by atoms with Crippen LogP contribution in [0.5, 0.6) is 0 Å². The second-order valence-electron chi connectivity index (χ2n) is 18.9. The molecule has 0 radical (unpaired) electrons. The molecule has 0 aromatic carbocycles. The lowest BCUT2D eigenvalue weighted by molar-refractivity contribution is -0.353. The van der Waals surface area contributed by atoms with Gasteiger partial charge in [-0.2, -0.15) is 0 Å². The lowest BCUT2D eigenvalue weighted by atomic mass is 9.43. The van der Waals surface area contributed by atoms with Crippen molar-refractivity contribution in [2.24, 2.45) is 52.3 Å². The third kappa shape index (κ3) is 6.18. The minimum atomic E-state index is -1.66. The first-order valence-corrected chi connectivity index (χ1v) is 20.5. The van der Waals surface area contributed by atoms with Gasteiger partial charge in [0, 0.05) is 18.3 Å². The van der Waals surface area contributed by atoms with Gasteiger partial charge in [0.2, 0.25) is 0 Å². The Morgan fingerprint density at radius 1 is 0.741 bits per heavy atom. The molecule has 8 rings (SSSR count). The van der Waals surface area contributed by atoms with Crippen molar-refractivity contribution in [3.8, 4) is 0 Å². The summed E-state index contributed by atoms with van der Waals surface area (Å²) in [5, 5.41) is 94.6. The lowest BCUT2D eigenvalue weighted by Crippen LogP contribution is -2.62. The van der Waals surface area contributed by atoms with Crippen LogP contribution in [-0.4, -0.2) is 157 Å². The van der Waals surface area contributed by atoms with Gasteiger partial charge in [-0.1, -0.05) is 27.7 Å². The molecule has 8 fully saturated rings. The van der Waals surface area contributed by atoms with Crippen molar-refractivity contribution in [3.63, 3.8) is 0 Å². The standard InChI is InChI=1S/C39H64O15/c1-16-14-50-39(12-24(16)51-36-34(48)32(46)30(44)26(53-36)15-49-35-33(47)31(45)29(43)25(13-40)52-35)17(2)28-23(54-39)11-22-20-6-5-18-9-19(41)10-27(42)38(18,4)21(20)7-8-37(22,28)3/h16-36,40-48H,5-15H2,1-4H3/t16-,17?,18?,19-,20?,21?,22?,23?,24+,25-,26-,27-,28?,29-,30-,31+,32+,33-,34-,35-,36-,37+,38+,39+/m1/s1. The highest BCUT2D eigenvalue weighted by Gasteiger charge is 2.70. The molecule has 9 N–H and O–H groups in total. The number of aliphatic hydroxyl groups excluding tert-OH is 9. The van der Waals surface area contributed by atoms with Gasteiger partial charge < -0.3 is 74.4 Å². The topological polar surface area (TPSA) is 237 Å². The number of ether oxygens (including phenoxy) is 6. The molecule has 4 aliphatic carbocycles. The van der Waals surface area contributed by atoms with E-state index in [1.165, 1.54) is 0 Å². The van der Waals surface area contributed by atoms with E-state index < -0.39 is 98.7 Å². The van der Waals surface area contributed by atoms with Crippen LogP contribution in [0, 0.1) is 52.3 Å². The summed E-state index contributed by atoms with van der Waals surface area (Å²) in [5.74, 6) is 1.01. The van der Waals surface area contributed by atoms with Gasteiger partial charge in [-0.25, -0.2) is 0 Å². The summed E-state index contributed by atoms with van der Waals surface area (Å²) in [6, 6.07) is 0. The average molecular weight is 773 g/mol. The van der Waals surface area contributed by atoms with Crippen LogP contribution < -0.4 is 0 Å². The van der Waals surface area contributed by atoms with E-state index in [0.29, 0.717) is 43.1 Å². The highest BCUT2D eigenvalue weighted by molar-refractivity contribution is 5.16. The first-order chi connectivity index (χ1) is 25.5. The summed E-state index contributed by atoms with van der Waals surface area (Å²) >= 11 is 0. The van der Waals surface area contributed by atoms with E-state index in [9.17, 15) is 46.0 Å². The largest absolute Gasteiger partial charge is 0.394 e. The molecule has 4 heterocycles. The molecule has 0 aromatic heterocycles. The molecule has 0 amide bonds. The summed E-state index contributed by atoms with van der Waals surface area (Å²) in [7, 11) is 0. The smallest absolute Gasteiger partial charge is 0.186 e. The number of fused-ring (bicyclic) bond motifs is 7. The zero-order valence-corrected chi connectivity index (χ0v) is 31.9. The molecule has 0 bridgehead atoms. The molecule has 4 aliphatic heterocycles. The van der Waals surface area contributed by atoms with Crippen LogP contribution in [0.4, 0.5) is 0 Å². The Balaban J connectivity index is 0.935. The Bertz CT molecular complexity index is 1340. The van der Waals surface area contributed by atoms with Crippen LogP contribution in [0.25, 0.3) is 0 Å². The van der Waals surface area contributed by atoms with E-state index in [-0.39, 0.29) is 34.7 Å². The van der Waals surface area contributed by atoms with E-state index in [0.717, 1.165) is 38.5 Å². The van der Waals surface area contributed by atoms with Crippen LogP contribution >= 0.6 is 0 Å². The zero-order chi connectivity index (χ0) is 38.6. The van der Waals surface area contributed by atoms with Crippen LogP contribution in [0.1, 0.15) is 79.1 Å². The van der Waals surface area contributed by atoms with Gasteiger partial charge in [-0.3, -0.25) is 0 Å². The Kier molecular flexibility index (Phi) is 10.9. The van der Waals surface area contributed by atoms with E-state index in [1.807, 2.05) is 6.92 Å². The maximum absolute atomic E-state index is 11.4. The maximum Gasteiger partial charge on any atom is 0.186 e. The summed E-state index contributed by atoms with van der Waals surface area (Å²) in [4.78, 5) is 0. The van der Waals surface area contributed by atoms with Crippen molar-refractivity contribution in [2.45, 2.75) is 171 Å². The second kappa shape index (κ2) is 14.6. The van der Waals surface area contributed by atoms with Crippen LogP contribution in [0.15, 0.2) is 0 Å². The highest BCUT2D eigenvalue weighted by Crippen LogP contribution is 2.71. The first-order valence-electron chi connectivity index (χ1n) is 20.5. The Labute approximate surface area is 316 Å². The highest BCUT2D eigenvalue weighted by atomic mass is 16.7. The SMILES string of the molecule is CC1C2C(CC3C4CCC5C[C@@H](O)C[C@@H](O)[C@]5(C)C4CC[C@@]32C)O[C@@]12C[C@H](O[C@@H]1O[C@H](CO[C@@H]3O[C@H](CO)[C@@H](O)[C@H](O)[C@H]3O)[C@@H](O)[C@H](O)[C@H]1O)[C@H](C)CO2. The van der Waals surface area contributed by atoms with Crippen molar-refractivity contribution >= 4 is 0 Å². The lowest BCUT2D eigenvalue weighted by Gasteiger charge is -2.62. The van der Waals surface area contributed by atoms with Crippen molar-refractivity contribution in [1.82, 2.24) is 0 Å². The van der Waals surface area contributed by atoms with Gasteiger partial charge in [-0.15, -0.1) is 0 Å². The molecule has 0 aromatic rings. The monoisotopic (exact) mass is 772 g/mol. The molecular weight excluding hydrogens is 708 g/mol. The van der Waals surface area contributed by atoms with Crippen molar-refractivity contribution in [2.75, 3.05) is 19.8 Å². The Hall–Kier alpha value is -0.600. The summed E-state index contributed by atoms with van der Waals surface area (Å²) in [6.07, 6.45) is -9.55. The second-order valence-corrected chi connectivity index (χ2v) is 18.9. The van der Waals surface area contributed by atoms with Gasteiger partial charge in [0.25, 0.3) is 0 Å². The van der Waals surface area contributed by atoms with Crippen molar-refractivity contribution < 1.29 is 74.4 Å². The molecule has 15 nitrogen and oxygen atoms in total. The van der Waals surface area contributed by atoms with E-state index in [4.69, 9.17) is 28.4 Å². The number of hydrogen-bond donors (Lipinski definition) is 9. The van der Waals surface area contributed by atoms with E-state index in [2.05, 4.69) is 20.8 Å². The first kappa shape index (κ1) is 40.2.